The highest BCUT2D eigenvalue weighted by Gasteiger charge is 2.23. The molecule has 3 aromatic rings. The van der Waals surface area contributed by atoms with Crippen LogP contribution in [0.1, 0.15) is 6.92 Å². The standard InChI is InChI=1S/C17H15FN4O5S/c1-11(20-28(25,26)13-8-6-12(18)7-9-13)17(24)27-10-22-16(23)14-4-2-3-5-15(14)19-21-22/h2-9,11,20H,10H2,1H3/t11-/m0/s1. The van der Waals surface area contributed by atoms with E-state index in [4.69, 9.17) is 4.74 Å². The fourth-order valence-electron chi connectivity index (χ4n) is 2.32. The van der Waals surface area contributed by atoms with Crippen LogP contribution in [0.4, 0.5) is 4.39 Å². The lowest BCUT2D eigenvalue weighted by Crippen LogP contribution is -2.40. The first kappa shape index (κ1) is 19.6. The van der Waals surface area contributed by atoms with Crippen molar-refractivity contribution >= 4 is 26.9 Å². The molecule has 0 saturated heterocycles. The number of esters is 1. The Labute approximate surface area is 158 Å². The fourth-order valence-corrected chi connectivity index (χ4v) is 3.51. The minimum Gasteiger partial charge on any atom is -0.441 e. The molecule has 3 rings (SSSR count). The minimum absolute atomic E-state index is 0.204. The number of benzene rings is 2. The third kappa shape index (κ3) is 4.21. The van der Waals surface area contributed by atoms with Gasteiger partial charge in [0.2, 0.25) is 10.0 Å². The second-order valence-electron chi connectivity index (χ2n) is 5.80. The van der Waals surface area contributed by atoms with Gasteiger partial charge >= 0.3 is 5.97 Å². The Morgan fingerprint density at radius 2 is 1.89 bits per heavy atom. The van der Waals surface area contributed by atoms with Crippen molar-refractivity contribution in [2.75, 3.05) is 0 Å². The summed E-state index contributed by atoms with van der Waals surface area (Å²) < 4.78 is 45.3. The topological polar surface area (TPSA) is 120 Å². The van der Waals surface area contributed by atoms with Gasteiger partial charge in [-0.25, -0.2) is 12.8 Å². The average molecular weight is 406 g/mol. The molecular formula is C17H15FN4O5S. The van der Waals surface area contributed by atoms with Crippen LogP contribution >= 0.6 is 0 Å². The van der Waals surface area contributed by atoms with Gasteiger partial charge in [-0.15, -0.1) is 5.10 Å². The molecule has 0 unspecified atom stereocenters. The number of hydrogen-bond donors (Lipinski definition) is 1. The van der Waals surface area contributed by atoms with E-state index in [0.717, 1.165) is 28.9 Å². The van der Waals surface area contributed by atoms with Crippen molar-refractivity contribution in [3.8, 4) is 0 Å². The predicted molar refractivity (Wildman–Crippen MR) is 96.1 cm³/mol. The first-order chi connectivity index (χ1) is 13.3. The smallest absolute Gasteiger partial charge is 0.325 e. The fraction of sp³-hybridized carbons (Fsp3) is 0.176. The Kier molecular flexibility index (Phi) is 5.47. The number of ether oxygens (including phenoxy) is 1. The highest BCUT2D eigenvalue weighted by molar-refractivity contribution is 7.89. The van der Waals surface area contributed by atoms with Crippen molar-refractivity contribution < 1.29 is 22.3 Å². The maximum absolute atomic E-state index is 12.9. The van der Waals surface area contributed by atoms with Crippen molar-refractivity contribution in [3.63, 3.8) is 0 Å². The number of fused-ring (bicyclic) bond motifs is 1. The van der Waals surface area contributed by atoms with Crippen molar-refractivity contribution in [2.45, 2.75) is 24.6 Å². The predicted octanol–water partition coefficient (Wildman–Crippen LogP) is 0.798. The number of halogens is 1. The van der Waals surface area contributed by atoms with Crippen LogP contribution in [0, 0.1) is 5.82 Å². The summed E-state index contributed by atoms with van der Waals surface area (Å²) in [6, 6.07) is 9.41. The van der Waals surface area contributed by atoms with Gasteiger partial charge in [0, 0.05) is 0 Å². The summed E-state index contributed by atoms with van der Waals surface area (Å²) in [5.74, 6) is -1.51. The van der Waals surface area contributed by atoms with E-state index in [0.29, 0.717) is 10.9 Å². The summed E-state index contributed by atoms with van der Waals surface area (Å²) in [5, 5.41) is 7.83. The SMILES string of the molecule is C[C@H](NS(=O)(=O)c1ccc(F)cc1)C(=O)OCn1nnc2ccccc2c1=O. The normalized spacial score (nSPS) is 12.6. The van der Waals surface area contributed by atoms with Crippen LogP contribution in [0.2, 0.25) is 0 Å². The number of hydrogen-bond acceptors (Lipinski definition) is 7. The van der Waals surface area contributed by atoms with Crippen molar-refractivity contribution in [3.05, 3.63) is 64.7 Å². The molecule has 11 heteroatoms. The molecule has 2 aromatic carbocycles. The van der Waals surface area contributed by atoms with E-state index >= 15 is 0 Å². The van der Waals surface area contributed by atoms with Gasteiger partial charge < -0.3 is 4.74 Å². The van der Waals surface area contributed by atoms with Gasteiger partial charge in [-0.05, 0) is 43.3 Å². The van der Waals surface area contributed by atoms with Gasteiger partial charge in [0.25, 0.3) is 5.56 Å². The van der Waals surface area contributed by atoms with Crippen LogP contribution in [0.15, 0.2) is 58.2 Å². The summed E-state index contributed by atoms with van der Waals surface area (Å²) in [6.45, 7) is 0.746. The molecule has 0 fully saturated rings. The molecule has 1 atom stereocenters. The summed E-state index contributed by atoms with van der Waals surface area (Å²) in [7, 11) is -4.06. The highest BCUT2D eigenvalue weighted by Crippen LogP contribution is 2.10. The maximum Gasteiger partial charge on any atom is 0.325 e. The number of nitrogens with zero attached hydrogens (tertiary/aromatic N) is 3. The summed E-state index contributed by atoms with van der Waals surface area (Å²) in [6.07, 6.45) is 0. The molecule has 1 aromatic heterocycles. The average Bonchev–Trinajstić information content (AvgIpc) is 2.67. The van der Waals surface area contributed by atoms with Crippen LogP contribution in [0.25, 0.3) is 10.9 Å². The Bertz CT molecular complexity index is 1180. The molecule has 1 heterocycles. The van der Waals surface area contributed by atoms with E-state index in [1.54, 1.807) is 24.3 Å². The second kappa shape index (κ2) is 7.82. The van der Waals surface area contributed by atoms with E-state index < -0.39 is 40.1 Å². The zero-order chi connectivity index (χ0) is 20.3. The van der Waals surface area contributed by atoms with E-state index in [-0.39, 0.29) is 4.90 Å². The number of sulfonamides is 1. The van der Waals surface area contributed by atoms with Gasteiger partial charge in [0.15, 0.2) is 6.73 Å². The third-order valence-electron chi connectivity index (χ3n) is 3.77. The number of rotatable bonds is 6. The Hall–Kier alpha value is -3.18. The van der Waals surface area contributed by atoms with E-state index in [9.17, 15) is 22.4 Å². The lowest BCUT2D eigenvalue weighted by atomic mass is 10.2. The first-order valence-electron chi connectivity index (χ1n) is 8.05. The highest BCUT2D eigenvalue weighted by atomic mass is 32.2. The maximum atomic E-state index is 12.9. The molecule has 0 bridgehead atoms. The summed E-state index contributed by atoms with van der Waals surface area (Å²) in [5.41, 5.74) is -0.103. The van der Waals surface area contributed by atoms with Crippen LogP contribution in [0.3, 0.4) is 0 Å². The molecule has 0 spiro atoms. The first-order valence-corrected chi connectivity index (χ1v) is 9.53. The van der Waals surface area contributed by atoms with E-state index in [1.807, 2.05) is 0 Å². The van der Waals surface area contributed by atoms with Gasteiger partial charge in [0.05, 0.1) is 10.3 Å². The minimum atomic E-state index is -4.06. The summed E-state index contributed by atoms with van der Waals surface area (Å²) >= 11 is 0. The molecule has 9 nitrogen and oxygen atoms in total. The number of carbonyl (C=O) groups excluding carboxylic acids is 1. The Balaban J connectivity index is 1.67. The molecule has 1 N–H and O–H groups in total. The van der Waals surface area contributed by atoms with Gasteiger partial charge in [-0.3, -0.25) is 9.59 Å². The van der Waals surface area contributed by atoms with Gasteiger partial charge in [-0.1, -0.05) is 17.3 Å². The molecule has 28 heavy (non-hydrogen) atoms. The van der Waals surface area contributed by atoms with Crippen LogP contribution in [-0.2, 0) is 26.3 Å². The van der Waals surface area contributed by atoms with Crippen molar-refractivity contribution in [1.29, 1.82) is 0 Å². The molecule has 0 amide bonds. The molecule has 0 aliphatic heterocycles. The van der Waals surface area contributed by atoms with Gasteiger partial charge in [0.1, 0.15) is 17.4 Å². The Morgan fingerprint density at radius 3 is 2.61 bits per heavy atom. The largest absolute Gasteiger partial charge is 0.441 e. The molecule has 0 aliphatic carbocycles. The van der Waals surface area contributed by atoms with Crippen LogP contribution < -0.4 is 10.3 Å². The Morgan fingerprint density at radius 1 is 1.21 bits per heavy atom. The van der Waals surface area contributed by atoms with E-state index in [2.05, 4.69) is 15.0 Å². The molecule has 0 aliphatic rings. The van der Waals surface area contributed by atoms with Gasteiger partial charge in [-0.2, -0.15) is 9.40 Å². The molecular weight excluding hydrogens is 391 g/mol. The van der Waals surface area contributed by atoms with Crippen LogP contribution in [0.5, 0.6) is 0 Å². The van der Waals surface area contributed by atoms with E-state index in [1.165, 1.54) is 6.92 Å². The lowest BCUT2D eigenvalue weighted by molar-refractivity contribution is -0.149. The number of nitrogens with one attached hydrogen (secondary N) is 1. The van der Waals surface area contributed by atoms with Crippen molar-refractivity contribution in [1.82, 2.24) is 19.7 Å². The second-order valence-corrected chi connectivity index (χ2v) is 7.51. The molecule has 146 valence electrons. The lowest BCUT2D eigenvalue weighted by Gasteiger charge is -2.14. The van der Waals surface area contributed by atoms with Crippen molar-refractivity contribution in [2.24, 2.45) is 0 Å². The molecule has 0 radical (unpaired) electrons. The third-order valence-corrected chi connectivity index (χ3v) is 5.32. The zero-order valence-corrected chi connectivity index (χ0v) is 15.4. The quantitative estimate of drug-likeness (QED) is 0.601. The monoisotopic (exact) mass is 406 g/mol. The van der Waals surface area contributed by atoms with Crippen LogP contribution in [-0.4, -0.2) is 35.4 Å². The summed E-state index contributed by atoms with van der Waals surface area (Å²) in [4.78, 5) is 24.2. The zero-order valence-electron chi connectivity index (χ0n) is 14.6. The number of carbonyl (C=O) groups is 1. The number of aromatic nitrogens is 3. The molecule has 0 saturated carbocycles.